The number of carbonyl (C=O) groups is 3. The Morgan fingerprint density at radius 2 is 1.81 bits per heavy atom. The molecular formula is C33H36BrN5O3. The third-order valence-corrected chi connectivity index (χ3v) is 8.38. The fourth-order valence-electron chi connectivity index (χ4n) is 5.63. The van der Waals surface area contributed by atoms with Crippen molar-refractivity contribution >= 4 is 50.2 Å². The maximum Gasteiger partial charge on any atom is 0.273 e. The third kappa shape index (κ3) is 5.71. The molecule has 42 heavy (non-hydrogen) atoms. The van der Waals surface area contributed by atoms with Crippen molar-refractivity contribution in [2.45, 2.75) is 58.5 Å². The van der Waals surface area contributed by atoms with Gasteiger partial charge in [-0.1, -0.05) is 48.5 Å². The average Bonchev–Trinajstić information content (AvgIpc) is 3.21. The number of hydrogen-bond donors (Lipinski definition) is 3. The number of rotatable bonds is 7. The van der Waals surface area contributed by atoms with E-state index in [1.165, 1.54) is 10.0 Å². The van der Waals surface area contributed by atoms with E-state index < -0.39 is 11.6 Å². The zero-order valence-corrected chi connectivity index (χ0v) is 25.9. The summed E-state index contributed by atoms with van der Waals surface area (Å²) >= 11 is 3.76. The van der Waals surface area contributed by atoms with E-state index in [2.05, 4.69) is 26.2 Å². The highest BCUT2D eigenvalue weighted by Gasteiger charge is 2.37. The Morgan fingerprint density at radius 3 is 2.52 bits per heavy atom. The van der Waals surface area contributed by atoms with Crippen LogP contribution >= 0.6 is 15.9 Å². The van der Waals surface area contributed by atoms with Crippen LogP contribution in [-0.2, 0) is 16.0 Å². The quantitative estimate of drug-likeness (QED) is 0.237. The molecule has 5 rings (SSSR count). The van der Waals surface area contributed by atoms with E-state index in [0.717, 1.165) is 37.8 Å². The van der Waals surface area contributed by atoms with Crippen LogP contribution in [0.15, 0.2) is 71.2 Å². The molecule has 0 saturated carbocycles. The van der Waals surface area contributed by atoms with Crippen LogP contribution in [0.4, 0.5) is 5.69 Å². The number of hydrazine groups is 1. The maximum atomic E-state index is 14.5. The number of amides is 3. The fourth-order valence-corrected chi connectivity index (χ4v) is 6.28. The van der Waals surface area contributed by atoms with Gasteiger partial charge < -0.3 is 16.0 Å². The van der Waals surface area contributed by atoms with Crippen LogP contribution in [0.3, 0.4) is 0 Å². The first kappa shape index (κ1) is 29.5. The number of benzene rings is 3. The lowest BCUT2D eigenvalue weighted by atomic mass is 9.98. The molecule has 1 aromatic heterocycles. The van der Waals surface area contributed by atoms with Crippen LogP contribution < -0.4 is 16.1 Å². The summed E-state index contributed by atoms with van der Waals surface area (Å²) in [6.07, 6.45) is 1.05. The van der Waals surface area contributed by atoms with Crippen molar-refractivity contribution in [3.8, 4) is 11.3 Å². The number of nitrogens with zero attached hydrogens (tertiary/aromatic N) is 2. The van der Waals surface area contributed by atoms with Crippen LogP contribution in [0.5, 0.6) is 0 Å². The Labute approximate surface area is 254 Å². The first-order valence-corrected chi connectivity index (χ1v) is 15.0. The van der Waals surface area contributed by atoms with E-state index in [4.69, 9.17) is 5.73 Å². The number of carbonyl (C=O) groups excluding carboxylic acids is 3. The second-order valence-corrected chi connectivity index (χ2v) is 12.3. The summed E-state index contributed by atoms with van der Waals surface area (Å²) in [5.41, 5.74) is 10.8. The minimum Gasteiger partial charge on any atom is -0.354 e. The van der Waals surface area contributed by atoms with Gasteiger partial charge in [0.2, 0.25) is 5.91 Å². The lowest BCUT2D eigenvalue weighted by molar-refractivity contribution is -0.129. The van der Waals surface area contributed by atoms with Crippen molar-refractivity contribution in [2.75, 3.05) is 11.6 Å². The number of aromatic amines is 1. The molecule has 4 aromatic rings. The monoisotopic (exact) mass is 629 g/mol. The van der Waals surface area contributed by atoms with E-state index in [0.29, 0.717) is 24.1 Å². The average molecular weight is 631 g/mol. The highest BCUT2D eigenvalue weighted by molar-refractivity contribution is 9.10. The van der Waals surface area contributed by atoms with E-state index in [1.807, 2.05) is 74.5 Å². The Hall–Kier alpha value is -3.95. The highest BCUT2D eigenvalue weighted by atomic mass is 79.9. The minimum atomic E-state index is -0.811. The number of nitrogens with one attached hydrogen (secondary N) is 2. The van der Waals surface area contributed by atoms with Crippen LogP contribution in [0.2, 0.25) is 0 Å². The number of hydrogen-bond acceptors (Lipinski definition) is 4. The van der Waals surface area contributed by atoms with Crippen molar-refractivity contribution in [3.63, 3.8) is 0 Å². The first-order valence-electron chi connectivity index (χ1n) is 14.2. The summed E-state index contributed by atoms with van der Waals surface area (Å²) in [7, 11) is 0. The summed E-state index contributed by atoms with van der Waals surface area (Å²) in [4.78, 5) is 45.1. The molecule has 1 unspecified atom stereocenters. The molecule has 1 atom stereocenters. The van der Waals surface area contributed by atoms with Gasteiger partial charge in [0.05, 0.1) is 21.4 Å². The first-order chi connectivity index (χ1) is 20.0. The van der Waals surface area contributed by atoms with E-state index in [9.17, 15) is 14.4 Å². The lowest BCUT2D eigenvalue weighted by Crippen LogP contribution is -2.57. The van der Waals surface area contributed by atoms with Gasteiger partial charge in [-0.3, -0.25) is 14.4 Å². The van der Waals surface area contributed by atoms with Crippen LogP contribution in [-0.4, -0.2) is 45.8 Å². The molecule has 1 aliphatic heterocycles. The molecule has 0 bridgehead atoms. The Balaban J connectivity index is 1.58. The van der Waals surface area contributed by atoms with E-state index in [1.54, 1.807) is 19.9 Å². The van der Waals surface area contributed by atoms with Crippen LogP contribution in [0, 0.1) is 6.92 Å². The predicted octanol–water partition coefficient (Wildman–Crippen LogP) is 5.87. The van der Waals surface area contributed by atoms with Crippen LogP contribution in [0.1, 0.15) is 55.1 Å². The number of H-pyrrole nitrogens is 1. The van der Waals surface area contributed by atoms with Gasteiger partial charge in [-0.2, -0.15) is 0 Å². The zero-order valence-electron chi connectivity index (χ0n) is 24.3. The van der Waals surface area contributed by atoms with Gasteiger partial charge in [-0.05, 0) is 85.8 Å². The van der Waals surface area contributed by atoms with Gasteiger partial charge in [0.15, 0.2) is 0 Å². The van der Waals surface area contributed by atoms with Crippen molar-refractivity contribution < 1.29 is 14.4 Å². The molecule has 3 aromatic carbocycles. The van der Waals surface area contributed by atoms with Gasteiger partial charge in [-0.15, -0.1) is 0 Å². The topological polar surface area (TPSA) is 112 Å². The van der Waals surface area contributed by atoms with Gasteiger partial charge in [0.1, 0.15) is 6.04 Å². The predicted molar refractivity (Wildman–Crippen MR) is 170 cm³/mol. The van der Waals surface area contributed by atoms with Gasteiger partial charge in [0, 0.05) is 35.0 Å². The minimum absolute atomic E-state index is 0.0756. The number of halogens is 1. The number of aryl methyl sites for hydroxylation is 2. The largest absolute Gasteiger partial charge is 0.354 e. The summed E-state index contributed by atoms with van der Waals surface area (Å²) in [5.74, 6) is -0.981. The SMILES string of the molecule is CCN(C(=O)c1cccc(C)c1-c1[nH]c2ccccc2c1Br)N1C(=O)C(NC(=O)CC(C)(C)N)CCc2ccccc21. The number of para-hydroxylation sites is 2. The molecule has 1 aliphatic rings. The third-order valence-electron chi connectivity index (χ3n) is 7.55. The second kappa shape index (κ2) is 11.7. The highest BCUT2D eigenvalue weighted by Crippen LogP contribution is 2.39. The van der Waals surface area contributed by atoms with Crippen molar-refractivity contribution in [3.05, 3.63) is 87.9 Å². The smallest absolute Gasteiger partial charge is 0.273 e. The molecule has 9 heteroatoms. The molecule has 0 aliphatic carbocycles. The summed E-state index contributed by atoms with van der Waals surface area (Å²) in [6.45, 7) is 7.59. The standard InChI is InChI=1S/C33H36BrN5O3/c1-5-38(31(41)23-14-10-11-20(2)28(23)30-29(34)22-13-7-8-15-24(22)37-30)39-26-16-9-6-12-21(26)17-18-25(32(39)42)36-27(40)19-33(3,4)35/h6-16,25,37H,5,17-19,35H2,1-4H3,(H,36,40). The van der Waals surface area contributed by atoms with Gasteiger partial charge in [0.25, 0.3) is 11.8 Å². The number of fused-ring (bicyclic) bond motifs is 2. The molecule has 4 N–H and O–H groups in total. The summed E-state index contributed by atoms with van der Waals surface area (Å²) in [5, 5.41) is 6.84. The molecule has 0 fully saturated rings. The molecule has 0 radical (unpaired) electrons. The van der Waals surface area contributed by atoms with Gasteiger partial charge >= 0.3 is 0 Å². The fraction of sp³-hybridized carbons (Fsp3) is 0.303. The molecule has 0 spiro atoms. The van der Waals surface area contributed by atoms with Crippen LogP contribution in [0.25, 0.3) is 22.2 Å². The number of aromatic nitrogens is 1. The van der Waals surface area contributed by atoms with Crippen molar-refractivity contribution in [1.29, 1.82) is 0 Å². The molecule has 3 amide bonds. The molecular weight excluding hydrogens is 594 g/mol. The Kier molecular flexibility index (Phi) is 8.25. The molecule has 218 valence electrons. The summed E-state index contributed by atoms with van der Waals surface area (Å²) < 4.78 is 0.867. The Morgan fingerprint density at radius 1 is 1.10 bits per heavy atom. The normalized spacial score (nSPS) is 15.3. The molecule has 2 heterocycles. The maximum absolute atomic E-state index is 14.5. The van der Waals surface area contributed by atoms with Gasteiger partial charge in [-0.25, -0.2) is 10.0 Å². The zero-order chi connectivity index (χ0) is 30.2. The van der Waals surface area contributed by atoms with Crippen molar-refractivity contribution in [1.82, 2.24) is 15.3 Å². The molecule has 8 nitrogen and oxygen atoms in total. The summed E-state index contributed by atoms with van der Waals surface area (Å²) in [6, 6.07) is 20.3. The van der Waals surface area contributed by atoms with E-state index >= 15 is 0 Å². The Bertz CT molecular complexity index is 1670. The van der Waals surface area contributed by atoms with Crippen molar-refractivity contribution in [2.24, 2.45) is 5.73 Å². The lowest BCUT2D eigenvalue weighted by Gasteiger charge is -2.36. The molecule has 0 saturated heterocycles. The number of anilines is 1. The number of nitrogens with two attached hydrogens (primary N) is 1. The second-order valence-electron chi connectivity index (χ2n) is 11.5. The van der Waals surface area contributed by atoms with E-state index in [-0.39, 0.29) is 30.7 Å².